The summed E-state index contributed by atoms with van der Waals surface area (Å²) in [5, 5.41) is 0. The maximum Gasteiger partial charge on any atom is 0.254 e. The Morgan fingerprint density at radius 2 is 1.49 bits per heavy atom. The second-order valence-electron chi connectivity index (χ2n) is 10.3. The summed E-state index contributed by atoms with van der Waals surface area (Å²) in [6.07, 6.45) is 1.49. The highest BCUT2D eigenvalue weighted by Gasteiger charge is 2.27. The van der Waals surface area contributed by atoms with E-state index in [1.165, 1.54) is 9.87 Å². The summed E-state index contributed by atoms with van der Waals surface area (Å²) >= 11 is 0. The molecule has 0 unspecified atom stereocenters. The van der Waals surface area contributed by atoms with Gasteiger partial charge >= 0.3 is 0 Å². The molecule has 0 spiro atoms. The first-order valence-corrected chi connectivity index (χ1v) is 15.1. The number of amides is 1. The lowest BCUT2D eigenvalue weighted by atomic mass is 10.1. The molecule has 0 aliphatic carbocycles. The van der Waals surface area contributed by atoms with Gasteiger partial charge in [0.1, 0.15) is 5.75 Å². The third-order valence-corrected chi connectivity index (χ3v) is 8.99. The molecule has 0 bridgehead atoms. The molecule has 0 atom stereocenters. The van der Waals surface area contributed by atoms with Crippen LogP contribution in [0.3, 0.4) is 0 Å². The maximum atomic E-state index is 13.7. The first-order chi connectivity index (χ1) is 19.3. The van der Waals surface area contributed by atoms with Crippen molar-refractivity contribution in [2.24, 2.45) is 0 Å². The number of hydrogen-bond acceptors (Lipinski definition) is 5. The Labute approximate surface area is 250 Å². The lowest BCUT2D eigenvalue weighted by molar-refractivity contribution is 0.0758. The van der Waals surface area contributed by atoms with Crippen LogP contribution in [0, 0.1) is 6.92 Å². The number of sulfonamides is 1. The highest BCUT2D eigenvalue weighted by molar-refractivity contribution is 7.89. The van der Waals surface area contributed by atoms with Gasteiger partial charge in [-0.3, -0.25) is 9.69 Å². The van der Waals surface area contributed by atoms with Crippen molar-refractivity contribution in [3.63, 3.8) is 0 Å². The van der Waals surface area contributed by atoms with E-state index in [1.54, 1.807) is 48.4 Å². The summed E-state index contributed by atoms with van der Waals surface area (Å²) in [4.78, 5) is 18.0. The number of hydrogen-bond donors (Lipinski definition) is 0. The Hall–Kier alpha value is -3.17. The Morgan fingerprint density at radius 1 is 0.854 bits per heavy atom. The molecule has 1 amide bonds. The van der Waals surface area contributed by atoms with Crippen LogP contribution in [0.15, 0.2) is 95.9 Å². The molecular formula is C32H40ClN3O4S. The lowest BCUT2D eigenvalue weighted by Crippen LogP contribution is -2.41. The van der Waals surface area contributed by atoms with Gasteiger partial charge in [0, 0.05) is 44.8 Å². The van der Waals surface area contributed by atoms with Gasteiger partial charge in [0.2, 0.25) is 10.0 Å². The monoisotopic (exact) mass is 597 g/mol. The molecule has 1 aliphatic rings. The van der Waals surface area contributed by atoms with E-state index >= 15 is 0 Å². The Kier molecular flexibility index (Phi) is 12.0. The standard InChI is InChI=1S/C32H39N3O4S.ClH/c1-26-11-17-31(18-12-26)40(37,38)35-22-8-20-33(25-28-9-5-4-6-10-28)19-7-21-34(23-27(2)24-35)32(36)29-13-15-30(39-3)16-14-29;/h4-6,9-18H,2,7-8,19-25H2,1,3H3;1H. The van der Waals surface area contributed by atoms with Crippen molar-refractivity contribution in [1.29, 1.82) is 0 Å². The number of halogens is 1. The number of methoxy groups -OCH3 is 1. The predicted molar refractivity (Wildman–Crippen MR) is 166 cm³/mol. The molecule has 3 aromatic rings. The Morgan fingerprint density at radius 3 is 2.12 bits per heavy atom. The van der Waals surface area contributed by atoms with Gasteiger partial charge in [-0.2, -0.15) is 4.31 Å². The van der Waals surface area contributed by atoms with Gasteiger partial charge in [-0.05, 0) is 73.8 Å². The molecule has 1 aliphatic heterocycles. The van der Waals surface area contributed by atoms with Crippen molar-refractivity contribution in [3.8, 4) is 5.75 Å². The third kappa shape index (κ3) is 8.91. The summed E-state index contributed by atoms with van der Waals surface area (Å²) < 4.78 is 34.2. The number of rotatable bonds is 6. The van der Waals surface area contributed by atoms with Crippen LogP contribution in [0.2, 0.25) is 0 Å². The van der Waals surface area contributed by atoms with Crippen molar-refractivity contribution in [2.45, 2.75) is 31.2 Å². The zero-order valence-corrected chi connectivity index (χ0v) is 25.5. The van der Waals surface area contributed by atoms with Crippen molar-refractivity contribution in [3.05, 3.63) is 108 Å². The molecule has 9 heteroatoms. The van der Waals surface area contributed by atoms with Crippen LogP contribution in [-0.2, 0) is 16.6 Å². The molecule has 7 nitrogen and oxygen atoms in total. The van der Waals surface area contributed by atoms with Crippen LogP contribution in [0.5, 0.6) is 5.75 Å². The molecule has 0 radical (unpaired) electrons. The van der Waals surface area contributed by atoms with Gasteiger partial charge in [0.25, 0.3) is 5.91 Å². The van der Waals surface area contributed by atoms with Crippen molar-refractivity contribution < 1.29 is 17.9 Å². The van der Waals surface area contributed by atoms with Gasteiger partial charge in [-0.15, -0.1) is 12.4 Å². The van der Waals surface area contributed by atoms with Gasteiger partial charge in [0.15, 0.2) is 0 Å². The van der Waals surface area contributed by atoms with Gasteiger partial charge in [0.05, 0.1) is 12.0 Å². The zero-order chi connectivity index (χ0) is 28.5. The van der Waals surface area contributed by atoms with Crippen LogP contribution < -0.4 is 4.74 Å². The van der Waals surface area contributed by atoms with Crippen LogP contribution >= 0.6 is 12.4 Å². The summed E-state index contributed by atoms with van der Waals surface area (Å²) in [6.45, 7) is 9.79. The van der Waals surface area contributed by atoms with E-state index in [9.17, 15) is 13.2 Å². The highest BCUT2D eigenvalue weighted by Crippen LogP contribution is 2.20. The fraction of sp³-hybridized carbons (Fsp3) is 0.344. The SMILES string of the molecule is C=C1CN(C(=O)c2ccc(OC)cc2)CCCN(Cc2ccccc2)CCCN(S(=O)(=O)c2ccc(C)cc2)C1.Cl. The normalized spacial score (nSPS) is 16.2. The van der Waals surface area contributed by atoms with E-state index in [1.807, 2.05) is 37.3 Å². The topological polar surface area (TPSA) is 70.2 Å². The van der Waals surface area contributed by atoms with E-state index in [0.717, 1.165) is 31.6 Å². The largest absolute Gasteiger partial charge is 0.497 e. The first-order valence-electron chi connectivity index (χ1n) is 13.7. The number of carbonyl (C=O) groups excluding carboxylic acids is 1. The third-order valence-electron chi connectivity index (χ3n) is 7.13. The molecule has 3 aromatic carbocycles. The minimum atomic E-state index is -3.74. The molecule has 1 heterocycles. The Balaban J connectivity index is 0.00000462. The summed E-state index contributed by atoms with van der Waals surface area (Å²) in [5.74, 6) is 0.576. The van der Waals surface area contributed by atoms with E-state index in [0.29, 0.717) is 36.4 Å². The van der Waals surface area contributed by atoms with Crippen LogP contribution in [-0.4, -0.2) is 74.8 Å². The molecule has 1 saturated heterocycles. The maximum absolute atomic E-state index is 13.7. The fourth-order valence-electron chi connectivity index (χ4n) is 4.95. The molecule has 0 aromatic heterocycles. The Bertz CT molecular complexity index is 1380. The van der Waals surface area contributed by atoms with E-state index in [2.05, 4.69) is 23.6 Å². The van der Waals surface area contributed by atoms with Gasteiger partial charge < -0.3 is 9.64 Å². The van der Waals surface area contributed by atoms with Crippen molar-refractivity contribution >= 4 is 28.3 Å². The minimum Gasteiger partial charge on any atom is -0.497 e. The zero-order valence-electron chi connectivity index (χ0n) is 23.9. The lowest BCUT2D eigenvalue weighted by Gasteiger charge is -2.31. The molecule has 4 rings (SSSR count). The summed E-state index contributed by atoms with van der Waals surface area (Å²) in [7, 11) is -2.15. The summed E-state index contributed by atoms with van der Waals surface area (Å²) in [5.41, 5.74) is 3.45. The average Bonchev–Trinajstić information content (AvgIpc) is 2.95. The number of benzene rings is 3. The van der Waals surface area contributed by atoms with E-state index in [4.69, 9.17) is 4.74 Å². The number of carbonyl (C=O) groups is 1. The van der Waals surface area contributed by atoms with Crippen molar-refractivity contribution in [1.82, 2.24) is 14.1 Å². The quantitative estimate of drug-likeness (QED) is 0.355. The molecule has 220 valence electrons. The second-order valence-corrected chi connectivity index (χ2v) is 12.3. The number of ether oxygens (including phenoxy) is 1. The van der Waals surface area contributed by atoms with Gasteiger partial charge in [-0.25, -0.2) is 8.42 Å². The first kappa shape index (κ1) is 32.3. The van der Waals surface area contributed by atoms with Crippen LogP contribution in [0.25, 0.3) is 0 Å². The van der Waals surface area contributed by atoms with Gasteiger partial charge in [-0.1, -0.05) is 54.6 Å². The average molecular weight is 598 g/mol. The smallest absolute Gasteiger partial charge is 0.254 e. The number of nitrogens with zero attached hydrogens (tertiary/aromatic N) is 3. The molecule has 41 heavy (non-hydrogen) atoms. The molecule has 0 saturated carbocycles. The van der Waals surface area contributed by atoms with Crippen LogP contribution in [0.1, 0.15) is 34.3 Å². The number of aryl methyl sites for hydroxylation is 1. The minimum absolute atomic E-state index is 0. The van der Waals surface area contributed by atoms with E-state index in [-0.39, 0.29) is 36.3 Å². The second kappa shape index (κ2) is 15.2. The fourth-order valence-corrected chi connectivity index (χ4v) is 6.45. The molecule has 1 fully saturated rings. The predicted octanol–water partition coefficient (Wildman–Crippen LogP) is 5.41. The van der Waals surface area contributed by atoms with Crippen molar-refractivity contribution in [2.75, 3.05) is 46.4 Å². The highest BCUT2D eigenvalue weighted by atomic mass is 35.5. The molecular weight excluding hydrogens is 558 g/mol. The summed E-state index contributed by atoms with van der Waals surface area (Å²) in [6, 6.07) is 24.3. The molecule has 0 N–H and O–H groups in total. The van der Waals surface area contributed by atoms with Crippen LogP contribution in [0.4, 0.5) is 0 Å². The van der Waals surface area contributed by atoms with E-state index < -0.39 is 10.0 Å².